The Bertz CT molecular complexity index is 715. The van der Waals surface area contributed by atoms with Crippen LogP contribution in [-0.2, 0) is 23.4 Å². The zero-order valence-corrected chi connectivity index (χ0v) is 12.1. The Balaban J connectivity index is 2.00. The first-order chi connectivity index (χ1) is 9.35. The van der Waals surface area contributed by atoms with E-state index in [0.29, 0.717) is 11.5 Å². The van der Waals surface area contributed by atoms with Crippen LogP contribution in [0.5, 0.6) is 0 Å². The maximum Gasteiger partial charge on any atom is 0.273 e. The summed E-state index contributed by atoms with van der Waals surface area (Å²) in [5.41, 5.74) is 0.524. The molecule has 2 aromatic rings. The summed E-state index contributed by atoms with van der Waals surface area (Å²) in [5.74, 6) is 0.149. The predicted molar refractivity (Wildman–Crippen MR) is 75.3 cm³/mol. The smallest absolute Gasteiger partial charge is 0.273 e. The summed E-state index contributed by atoms with van der Waals surface area (Å²) in [5, 5.41) is 6.77. The molecule has 0 aliphatic rings. The molecule has 0 saturated heterocycles. The Morgan fingerprint density at radius 1 is 1.35 bits per heavy atom. The molecule has 0 fully saturated rings. The van der Waals surface area contributed by atoms with E-state index >= 15 is 0 Å². The van der Waals surface area contributed by atoms with Gasteiger partial charge in [-0.2, -0.15) is 5.10 Å². The number of amides is 1. The predicted octanol–water partition coefficient (Wildman–Crippen LogP) is 0.518. The van der Waals surface area contributed by atoms with Crippen LogP contribution in [0.25, 0.3) is 0 Å². The molecule has 108 valence electrons. The van der Waals surface area contributed by atoms with Crippen molar-refractivity contribution in [1.82, 2.24) is 14.3 Å². The highest BCUT2D eigenvalue weighted by molar-refractivity contribution is 7.90. The Kier molecular flexibility index (Phi) is 3.93. The van der Waals surface area contributed by atoms with Crippen molar-refractivity contribution in [2.45, 2.75) is 6.54 Å². The number of carbonyl (C=O) groups excluding carboxylic acids is 1. The molecule has 20 heavy (non-hydrogen) atoms. The summed E-state index contributed by atoms with van der Waals surface area (Å²) >= 11 is 0. The van der Waals surface area contributed by atoms with Gasteiger partial charge < -0.3 is 9.88 Å². The molecular weight excluding hydrogens is 280 g/mol. The fraction of sp³-hybridized carbons (Fsp3) is 0.333. The highest BCUT2D eigenvalue weighted by atomic mass is 32.2. The van der Waals surface area contributed by atoms with Crippen LogP contribution in [0.3, 0.4) is 0 Å². The van der Waals surface area contributed by atoms with E-state index < -0.39 is 9.84 Å². The molecule has 0 spiro atoms. The summed E-state index contributed by atoms with van der Waals surface area (Å²) in [6.45, 7) is 0.263. The van der Waals surface area contributed by atoms with Crippen LogP contribution in [0.1, 0.15) is 10.5 Å². The van der Waals surface area contributed by atoms with Gasteiger partial charge in [0.05, 0.1) is 12.3 Å². The lowest BCUT2D eigenvalue weighted by molar-refractivity contribution is 0.101. The van der Waals surface area contributed by atoms with Crippen molar-refractivity contribution >= 4 is 21.6 Å². The molecule has 2 aromatic heterocycles. The number of carbonyl (C=O) groups is 1. The monoisotopic (exact) mass is 296 g/mol. The van der Waals surface area contributed by atoms with Crippen molar-refractivity contribution in [2.24, 2.45) is 7.05 Å². The number of anilines is 1. The van der Waals surface area contributed by atoms with Gasteiger partial charge in [0.25, 0.3) is 5.91 Å². The maximum atomic E-state index is 11.9. The summed E-state index contributed by atoms with van der Waals surface area (Å²) in [6.07, 6.45) is 4.58. The second-order valence-electron chi connectivity index (χ2n) is 4.55. The number of aromatic nitrogens is 3. The van der Waals surface area contributed by atoms with E-state index in [4.69, 9.17) is 0 Å². The standard InChI is InChI=1S/C12H16N4O3S/c1-15-6-3-4-10(15)12(17)13-11-5-7-16(14-11)8-9-20(2,18)19/h3-7H,8-9H2,1-2H3,(H,13,14,17). The molecule has 0 saturated carbocycles. The van der Waals surface area contributed by atoms with Gasteiger partial charge in [0.1, 0.15) is 15.5 Å². The molecule has 1 N–H and O–H groups in total. The van der Waals surface area contributed by atoms with E-state index in [1.807, 2.05) is 0 Å². The van der Waals surface area contributed by atoms with Crippen molar-refractivity contribution in [3.63, 3.8) is 0 Å². The van der Waals surface area contributed by atoms with Crippen molar-refractivity contribution in [3.8, 4) is 0 Å². The maximum absolute atomic E-state index is 11.9. The topological polar surface area (TPSA) is 86.0 Å². The van der Waals surface area contributed by atoms with Crippen molar-refractivity contribution < 1.29 is 13.2 Å². The lowest BCUT2D eigenvalue weighted by atomic mass is 10.4. The summed E-state index contributed by atoms with van der Waals surface area (Å²) in [4.78, 5) is 11.9. The zero-order valence-electron chi connectivity index (χ0n) is 11.3. The van der Waals surface area contributed by atoms with E-state index in [1.165, 1.54) is 10.9 Å². The first-order valence-electron chi connectivity index (χ1n) is 5.99. The quantitative estimate of drug-likeness (QED) is 0.871. The third-order valence-electron chi connectivity index (χ3n) is 2.75. The molecule has 8 heteroatoms. The molecule has 0 aliphatic heterocycles. The minimum Gasteiger partial charge on any atom is -0.347 e. The number of hydrogen-bond acceptors (Lipinski definition) is 4. The van der Waals surface area contributed by atoms with Crippen LogP contribution in [0.2, 0.25) is 0 Å². The Labute approximate surface area is 117 Å². The number of aryl methyl sites for hydroxylation is 2. The third-order valence-corrected chi connectivity index (χ3v) is 3.67. The van der Waals surface area contributed by atoms with Gasteiger partial charge in [-0.3, -0.25) is 9.48 Å². The molecule has 0 aromatic carbocycles. The van der Waals surface area contributed by atoms with Crippen LogP contribution < -0.4 is 5.32 Å². The van der Waals surface area contributed by atoms with Crippen LogP contribution in [0.15, 0.2) is 30.6 Å². The summed E-state index contributed by atoms with van der Waals surface area (Å²) in [7, 11) is -1.25. The zero-order chi connectivity index (χ0) is 14.8. The number of nitrogens with one attached hydrogen (secondary N) is 1. The van der Waals surface area contributed by atoms with Crippen molar-refractivity contribution in [2.75, 3.05) is 17.3 Å². The van der Waals surface area contributed by atoms with Gasteiger partial charge in [0.2, 0.25) is 0 Å². The molecule has 1 amide bonds. The Morgan fingerprint density at radius 2 is 2.10 bits per heavy atom. The minimum atomic E-state index is -3.03. The van der Waals surface area contributed by atoms with E-state index in [9.17, 15) is 13.2 Å². The van der Waals surface area contributed by atoms with Crippen molar-refractivity contribution in [1.29, 1.82) is 0 Å². The normalized spacial score (nSPS) is 11.5. The molecular formula is C12H16N4O3S. The van der Waals surface area contributed by atoms with Gasteiger partial charge in [-0.1, -0.05) is 0 Å². The van der Waals surface area contributed by atoms with Gasteiger partial charge in [-0.15, -0.1) is 0 Å². The average Bonchev–Trinajstić information content (AvgIpc) is 2.94. The van der Waals surface area contributed by atoms with Gasteiger partial charge in [-0.25, -0.2) is 8.42 Å². The lowest BCUT2D eigenvalue weighted by Gasteiger charge is -2.03. The Hall–Kier alpha value is -2.09. The first-order valence-corrected chi connectivity index (χ1v) is 8.05. The number of nitrogens with zero attached hydrogens (tertiary/aromatic N) is 3. The fourth-order valence-corrected chi connectivity index (χ4v) is 2.21. The average molecular weight is 296 g/mol. The molecule has 0 radical (unpaired) electrons. The van der Waals surface area contributed by atoms with E-state index in [0.717, 1.165) is 0 Å². The highest BCUT2D eigenvalue weighted by Crippen LogP contribution is 2.07. The summed E-state index contributed by atoms with van der Waals surface area (Å²) < 4.78 is 25.3. The number of rotatable bonds is 5. The molecule has 0 bridgehead atoms. The molecule has 7 nitrogen and oxygen atoms in total. The van der Waals surface area contributed by atoms with Gasteiger partial charge in [-0.05, 0) is 12.1 Å². The van der Waals surface area contributed by atoms with Crippen LogP contribution in [-0.4, -0.2) is 40.7 Å². The largest absolute Gasteiger partial charge is 0.347 e. The van der Waals surface area contributed by atoms with Crippen LogP contribution in [0.4, 0.5) is 5.82 Å². The SMILES string of the molecule is Cn1cccc1C(=O)Nc1ccn(CCS(C)(=O)=O)n1. The molecule has 2 rings (SSSR count). The second kappa shape index (κ2) is 5.49. The number of hydrogen-bond donors (Lipinski definition) is 1. The Morgan fingerprint density at radius 3 is 2.70 bits per heavy atom. The minimum absolute atomic E-state index is 0.0138. The molecule has 0 aliphatic carbocycles. The van der Waals surface area contributed by atoms with Crippen LogP contribution in [0, 0.1) is 0 Å². The lowest BCUT2D eigenvalue weighted by Crippen LogP contribution is -2.16. The van der Waals surface area contributed by atoms with Gasteiger partial charge >= 0.3 is 0 Å². The molecule has 0 unspecified atom stereocenters. The number of sulfone groups is 1. The van der Waals surface area contributed by atoms with E-state index in [2.05, 4.69) is 10.4 Å². The van der Waals surface area contributed by atoms with Crippen molar-refractivity contribution in [3.05, 3.63) is 36.3 Å². The summed E-state index contributed by atoms with van der Waals surface area (Å²) in [6, 6.07) is 5.11. The van der Waals surface area contributed by atoms with Gasteiger partial charge in [0.15, 0.2) is 5.82 Å². The van der Waals surface area contributed by atoms with E-state index in [-0.39, 0.29) is 18.2 Å². The third kappa shape index (κ3) is 3.70. The highest BCUT2D eigenvalue weighted by Gasteiger charge is 2.11. The van der Waals surface area contributed by atoms with Gasteiger partial charge in [0, 0.05) is 31.8 Å². The molecule has 2 heterocycles. The second-order valence-corrected chi connectivity index (χ2v) is 6.81. The molecule has 0 atom stereocenters. The van der Waals surface area contributed by atoms with E-state index in [1.54, 1.807) is 42.2 Å². The fourth-order valence-electron chi connectivity index (χ4n) is 1.69. The van der Waals surface area contributed by atoms with Crippen LogP contribution >= 0.6 is 0 Å². The first kappa shape index (κ1) is 14.3.